The summed E-state index contributed by atoms with van der Waals surface area (Å²) in [5.41, 5.74) is 6.48. The first-order chi connectivity index (χ1) is 7.78. The van der Waals surface area contributed by atoms with Crippen LogP contribution in [0.2, 0.25) is 0 Å². The Morgan fingerprint density at radius 3 is 2.65 bits per heavy atom. The Hall–Kier alpha value is -0.620. The number of ether oxygens (including phenoxy) is 1. The molecule has 1 atom stereocenters. The van der Waals surface area contributed by atoms with Gasteiger partial charge in [-0.25, -0.2) is 0 Å². The SMILES string of the molecule is CC(C)(C)OC(=O)C[C@@H](N)c1cccc(I)c1. The summed E-state index contributed by atoms with van der Waals surface area (Å²) in [6, 6.07) is 7.53. The lowest BCUT2D eigenvalue weighted by molar-refractivity contribution is -0.155. The first-order valence-electron chi connectivity index (χ1n) is 5.51. The lowest BCUT2D eigenvalue weighted by Crippen LogP contribution is -2.26. The Labute approximate surface area is 116 Å². The molecular formula is C13H18INO2. The lowest BCUT2D eigenvalue weighted by Gasteiger charge is -2.21. The van der Waals surface area contributed by atoms with E-state index in [4.69, 9.17) is 10.5 Å². The molecule has 4 heteroatoms. The predicted molar refractivity (Wildman–Crippen MR) is 76.5 cm³/mol. The maximum Gasteiger partial charge on any atom is 0.308 e. The van der Waals surface area contributed by atoms with Gasteiger partial charge in [0.2, 0.25) is 0 Å². The minimum absolute atomic E-state index is 0.206. The zero-order chi connectivity index (χ0) is 13.1. The molecule has 1 aromatic rings. The molecule has 1 rings (SSSR count). The van der Waals surface area contributed by atoms with E-state index in [-0.39, 0.29) is 18.4 Å². The van der Waals surface area contributed by atoms with Crippen LogP contribution in [0.4, 0.5) is 0 Å². The van der Waals surface area contributed by atoms with Crippen LogP contribution in [0.1, 0.15) is 38.8 Å². The van der Waals surface area contributed by atoms with Crippen LogP contribution in [0.5, 0.6) is 0 Å². The number of carbonyl (C=O) groups is 1. The number of rotatable bonds is 3. The molecule has 0 unspecified atom stereocenters. The summed E-state index contributed by atoms with van der Waals surface area (Å²) < 4.78 is 6.35. The second-order valence-electron chi connectivity index (χ2n) is 4.95. The Kier molecular flexibility index (Phi) is 4.94. The molecule has 0 heterocycles. The molecule has 2 N–H and O–H groups in total. The van der Waals surface area contributed by atoms with Crippen LogP contribution in [0.15, 0.2) is 24.3 Å². The van der Waals surface area contributed by atoms with Crippen molar-refractivity contribution in [3.63, 3.8) is 0 Å². The van der Waals surface area contributed by atoms with Gasteiger partial charge in [-0.1, -0.05) is 12.1 Å². The summed E-state index contributed by atoms with van der Waals surface area (Å²) in [7, 11) is 0. The van der Waals surface area contributed by atoms with Gasteiger partial charge in [0.05, 0.1) is 6.42 Å². The molecule has 17 heavy (non-hydrogen) atoms. The largest absolute Gasteiger partial charge is 0.460 e. The summed E-state index contributed by atoms with van der Waals surface area (Å²) in [4.78, 5) is 11.6. The van der Waals surface area contributed by atoms with E-state index in [1.165, 1.54) is 0 Å². The van der Waals surface area contributed by atoms with Crippen molar-refractivity contribution in [2.45, 2.75) is 38.8 Å². The molecule has 0 aliphatic heterocycles. The number of halogens is 1. The highest BCUT2D eigenvalue weighted by Gasteiger charge is 2.19. The molecule has 0 spiro atoms. The highest BCUT2D eigenvalue weighted by molar-refractivity contribution is 14.1. The molecule has 1 aromatic carbocycles. The van der Waals surface area contributed by atoms with Crippen LogP contribution in [0.25, 0.3) is 0 Å². The van der Waals surface area contributed by atoms with Gasteiger partial charge in [0.1, 0.15) is 5.60 Å². The Morgan fingerprint density at radius 1 is 1.47 bits per heavy atom. The highest BCUT2D eigenvalue weighted by atomic mass is 127. The number of nitrogens with two attached hydrogens (primary N) is 1. The third-order valence-corrected chi connectivity index (χ3v) is 2.75. The third kappa shape index (κ3) is 5.50. The van der Waals surface area contributed by atoms with Crippen LogP contribution in [0, 0.1) is 3.57 Å². The average molecular weight is 347 g/mol. The van der Waals surface area contributed by atoms with E-state index in [0.717, 1.165) is 9.13 Å². The van der Waals surface area contributed by atoms with Gasteiger partial charge >= 0.3 is 5.97 Å². The Balaban J connectivity index is 2.61. The fourth-order valence-electron chi connectivity index (χ4n) is 1.42. The first-order valence-corrected chi connectivity index (χ1v) is 6.59. The summed E-state index contributed by atoms with van der Waals surface area (Å²) in [6.45, 7) is 5.55. The second-order valence-corrected chi connectivity index (χ2v) is 6.20. The van der Waals surface area contributed by atoms with E-state index in [2.05, 4.69) is 22.6 Å². The van der Waals surface area contributed by atoms with Gasteiger partial charge in [0.15, 0.2) is 0 Å². The fourth-order valence-corrected chi connectivity index (χ4v) is 1.98. The number of hydrogen-bond donors (Lipinski definition) is 1. The Morgan fingerprint density at radius 2 is 2.12 bits per heavy atom. The number of carbonyl (C=O) groups excluding carboxylic acids is 1. The lowest BCUT2D eigenvalue weighted by atomic mass is 10.0. The van der Waals surface area contributed by atoms with Gasteiger partial charge in [-0.15, -0.1) is 0 Å². The van der Waals surface area contributed by atoms with Gasteiger partial charge in [0, 0.05) is 9.61 Å². The van der Waals surface area contributed by atoms with Crippen LogP contribution < -0.4 is 5.73 Å². The number of esters is 1. The molecule has 0 aliphatic rings. The molecule has 0 radical (unpaired) electrons. The third-order valence-electron chi connectivity index (χ3n) is 2.08. The number of benzene rings is 1. The summed E-state index contributed by atoms with van der Waals surface area (Å²) >= 11 is 2.22. The average Bonchev–Trinajstić information content (AvgIpc) is 2.14. The molecule has 0 aromatic heterocycles. The smallest absolute Gasteiger partial charge is 0.308 e. The first kappa shape index (κ1) is 14.4. The van der Waals surface area contributed by atoms with Crippen molar-refractivity contribution in [2.75, 3.05) is 0 Å². The summed E-state index contributed by atoms with van der Waals surface area (Å²) in [5.74, 6) is -0.260. The van der Waals surface area contributed by atoms with Crippen LogP contribution in [-0.4, -0.2) is 11.6 Å². The monoisotopic (exact) mass is 347 g/mol. The van der Waals surface area contributed by atoms with Crippen molar-refractivity contribution in [1.82, 2.24) is 0 Å². The second kappa shape index (κ2) is 5.82. The van der Waals surface area contributed by atoms with E-state index in [1.54, 1.807) is 0 Å². The standard InChI is InChI=1S/C13H18INO2/c1-13(2,3)17-12(16)8-11(15)9-5-4-6-10(14)7-9/h4-7,11H,8,15H2,1-3H3/t11-/m1/s1. The predicted octanol–water partition coefficient (Wildman–Crippen LogP) is 3.02. The van der Waals surface area contributed by atoms with Crippen LogP contribution >= 0.6 is 22.6 Å². The van der Waals surface area contributed by atoms with Crippen molar-refractivity contribution >= 4 is 28.6 Å². The van der Waals surface area contributed by atoms with Crippen LogP contribution in [0.3, 0.4) is 0 Å². The van der Waals surface area contributed by atoms with E-state index in [9.17, 15) is 4.79 Å². The molecule has 94 valence electrons. The van der Waals surface area contributed by atoms with E-state index >= 15 is 0 Å². The summed E-state index contributed by atoms with van der Waals surface area (Å²) in [6.07, 6.45) is 0.206. The summed E-state index contributed by atoms with van der Waals surface area (Å²) in [5, 5.41) is 0. The highest BCUT2D eigenvalue weighted by Crippen LogP contribution is 2.18. The minimum Gasteiger partial charge on any atom is -0.460 e. The zero-order valence-electron chi connectivity index (χ0n) is 10.4. The maximum atomic E-state index is 11.6. The molecule has 0 amide bonds. The molecule has 0 fully saturated rings. The van der Waals surface area contributed by atoms with E-state index < -0.39 is 5.60 Å². The van der Waals surface area contributed by atoms with Crippen molar-refractivity contribution in [3.8, 4) is 0 Å². The molecule has 0 saturated carbocycles. The van der Waals surface area contributed by atoms with Crippen LogP contribution in [-0.2, 0) is 9.53 Å². The fraction of sp³-hybridized carbons (Fsp3) is 0.462. The quantitative estimate of drug-likeness (QED) is 0.676. The van der Waals surface area contributed by atoms with Gasteiger partial charge in [-0.05, 0) is 61.1 Å². The van der Waals surface area contributed by atoms with Gasteiger partial charge in [0.25, 0.3) is 0 Å². The van der Waals surface area contributed by atoms with Crippen molar-refractivity contribution in [3.05, 3.63) is 33.4 Å². The zero-order valence-corrected chi connectivity index (χ0v) is 12.5. The topological polar surface area (TPSA) is 52.3 Å². The molecule has 0 aliphatic carbocycles. The van der Waals surface area contributed by atoms with Gasteiger partial charge in [-0.2, -0.15) is 0 Å². The maximum absolute atomic E-state index is 11.6. The van der Waals surface area contributed by atoms with Crippen molar-refractivity contribution in [1.29, 1.82) is 0 Å². The van der Waals surface area contributed by atoms with E-state index in [1.807, 2.05) is 45.0 Å². The Bertz CT molecular complexity index is 399. The van der Waals surface area contributed by atoms with Crippen molar-refractivity contribution < 1.29 is 9.53 Å². The molecule has 3 nitrogen and oxygen atoms in total. The van der Waals surface area contributed by atoms with Gasteiger partial charge in [-0.3, -0.25) is 4.79 Å². The normalized spacial score (nSPS) is 13.2. The number of hydrogen-bond acceptors (Lipinski definition) is 3. The molecule has 0 saturated heterocycles. The van der Waals surface area contributed by atoms with Gasteiger partial charge < -0.3 is 10.5 Å². The van der Waals surface area contributed by atoms with Crippen molar-refractivity contribution in [2.24, 2.45) is 5.73 Å². The molecule has 0 bridgehead atoms. The molecular weight excluding hydrogens is 329 g/mol. The van der Waals surface area contributed by atoms with E-state index in [0.29, 0.717) is 0 Å². The minimum atomic E-state index is -0.456.